The van der Waals surface area contributed by atoms with Crippen molar-refractivity contribution in [2.24, 2.45) is 0 Å². The summed E-state index contributed by atoms with van der Waals surface area (Å²) in [6, 6.07) is 15.6. The summed E-state index contributed by atoms with van der Waals surface area (Å²) < 4.78 is 26.9. The van der Waals surface area contributed by atoms with Gasteiger partial charge >= 0.3 is 0 Å². The Hall–Kier alpha value is -3.85. The maximum Gasteiger partial charge on any atom is 0.243 e. The van der Waals surface area contributed by atoms with Gasteiger partial charge in [-0.05, 0) is 47.9 Å². The second kappa shape index (κ2) is 12.4. The van der Waals surface area contributed by atoms with Crippen molar-refractivity contribution in [3.63, 3.8) is 0 Å². The molecule has 2 aromatic carbocycles. The largest absolute Gasteiger partial charge is 0.384 e. The number of benzene rings is 2. The van der Waals surface area contributed by atoms with Crippen LogP contribution in [0.3, 0.4) is 0 Å². The lowest BCUT2D eigenvalue weighted by Crippen LogP contribution is -2.50. The van der Waals surface area contributed by atoms with Gasteiger partial charge in [0, 0.05) is 19.2 Å². The van der Waals surface area contributed by atoms with Gasteiger partial charge in [0.05, 0.1) is 6.54 Å². The van der Waals surface area contributed by atoms with Gasteiger partial charge in [-0.1, -0.05) is 42.5 Å². The molecule has 178 valence electrons. The monoisotopic (exact) mass is 467 g/mol. The Balaban J connectivity index is 1.57. The normalized spacial score (nSPS) is 11.6. The number of nitrogens with zero attached hydrogens (tertiary/aromatic N) is 1. The molecule has 3 aromatic rings. The first-order valence-electron chi connectivity index (χ1n) is 10.9. The van der Waals surface area contributed by atoms with Crippen LogP contribution >= 0.6 is 0 Å². The van der Waals surface area contributed by atoms with Gasteiger partial charge in [-0.3, -0.25) is 9.59 Å². The van der Waals surface area contributed by atoms with Crippen molar-refractivity contribution in [2.45, 2.75) is 25.4 Å². The molecule has 0 unspecified atom stereocenters. The molecule has 7 nitrogen and oxygen atoms in total. The van der Waals surface area contributed by atoms with Gasteiger partial charge in [0.2, 0.25) is 11.8 Å². The number of aromatic nitrogens is 1. The summed E-state index contributed by atoms with van der Waals surface area (Å²) in [4.78, 5) is 29.3. The molecule has 0 aliphatic rings. The van der Waals surface area contributed by atoms with Gasteiger partial charge in [0.1, 0.15) is 11.9 Å². The predicted molar refractivity (Wildman–Crippen MR) is 126 cm³/mol. The van der Waals surface area contributed by atoms with Gasteiger partial charge in [-0.25, -0.2) is 13.8 Å². The maximum absolute atomic E-state index is 13.7. The molecule has 0 spiro atoms. The molecular weight excluding hydrogens is 440 g/mol. The molecule has 3 rings (SSSR count). The van der Waals surface area contributed by atoms with Gasteiger partial charge in [-0.2, -0.15) is 0 Å². The summed E-state index contributed by atoms with van der Waals surface area (Å²) >= 11 is 0. The van der Waals surface area contributed by atoms with Gasteiger partial charge in [-0.15, -0.1) is 0 Å². The summed E-state index contributed by atoms with van der Waals surface area (Å²) in [7, 11) is 0. The van der Waals surface area contributed by atoms with Crippen LogP contribution in [-0.2, 0) is 29.0 Å². The quantitative estimate of drug-likeness (QED) is 0.323. The first-order chi connectivity index (χ1) is 16.4. The Morgan fingerprint density at radius 2 is 1.71 bits per heavy atom. The molecule has 9 heteroatoms. The van der Waals surface area contributed by atoms with Crippen molar-refractivity contribution in [2.75, 3.05) is 18.8 Å². The van der Waals surface area contributed by atoms with Gasteiger partial charge in [0.25, 0.3) is 0 Å². The van der Waals surface area contributed by atoms with Crippen LogP contribution in [0, 0.1) is 11.6 Å². The lowest BCUT2D eigenvalue weighted by molar-refractivity contribution is -0.128. The van der Waals surface area contributed by atoms with Crippen LogP contribution in [0.5, 0.6) is 0 Å². The number of pyridine rings is 1. The molecule has 0 saturated heterocycles. The van der Waals surface area contributed by atoms with Crippen molar-refractivity contribution in [1.82, 2.24) is 20.9 Å². The standard InChI is InChI=1S/C25H27F2N5O2/c26-20-8-6-18(12-21(20)27)13-22(25(34)31-15-19-7-9-23(28)30-14-19)32-24(33)16-29-11-10-17-4-2-1-3-5-17/h1-9,12,14,22,29H,10-11,13,15-16H2,(H2,28,30)(H,31,34)(H,32,33)/t22-/m0/s1. The molecule has 0 aliphatic carbocycles. The highest BCUT2D eigenvalue weighted by molar-refractivity contribution is 5.88. The van der Waals surface area contributed by atoms with E-state index in [2.05, 4.69) is 20.9 Å². The third-order valence-electron chi connectivity index (χ3n) is 5.11. The summed E-state index contributed by atoms with van der Waals surface area (Å²) in [6.45, 7) is 0.767. The van der Waals surface area contributed by atoms with Gasteiger partial charge in [0.15, 0.2) is 11.6 Å². The highest BCUT2D eigenvalue weighted by atomic mass is 19.2. The topological polar surface area (TPSA) is 109 Å². The molecule has 0 saturated carbocycles. The smallest absolute Gasteiger partial charge is 0.243 e. The number of carbonyl (C=O) groups excluding carboxylic acids is 2. The molecule has 0 aliphatic heterocycles. The fraction of sp³-hybridized carbons (Fsp3) is 0.240. The van der Waals surface area contributed by atoms with Crippen LogP contribution in [0.1, 0.15) is 16.7 Å². The third-order valence-corrected chi connectivity index (χ3v) is 5.11. The Kier molecular flexibility index (Phi) is 9.04. The lowest BCUT2D eigenvalue weighted by atomic mass is 10.0. The van der Waals surface area contributed by atoms with Gasteiger partial charge < -0.3 is 21.7 Å². The number of hydrogen-bond acceptors (Lipinski definition) is 5. The second-order valence-corrected chi connectivity index (χ2v) is 7.79. The summed E-state index contributed by atoms with van der Waals surface area (Å²) in [5, 5.41) is 8.46. The number of nitrogens with two attached hydrogens (primary N) is 1. The average Bonchev–Trinajstić information content (AvgIpc) is 2.84. The number of rotatable bonds is 11. The Morgan fingerprint density at radius 1 is 0.941 bits per heavy atom. The zero-order valence-corrected chi connectivity index (χ0v) is 18.6. The van der Waals surface area contributed by atoms with E-state index in [1.54, 1.807) is 12.1 Å². The molecule has 2 amide bonds. The summed E-state index contributed by atoms with van der Waals surface area (Å²) in [5.74, 6) is -2.48. The minimum atomic E-state index is -1.02. The molecule has 5 N–H and O–H groups in total. The van der Waals surface area contributed by atoms with Crippen molar-refractivity contribution in [3.05, 3.63) is 95.2 Å². The van der Waals surface area contributed by atoms with E-state index in [4.69, 9.17) is 5.73 Å². The van der Waals surface area contributed by atoms with Crippen molar-refractivity contribution < 1.29 is 18.4 Å². The van der Waals surface area contributed by atoms with E-state index in [1.165, 1.54) is 12.3 Å². The molecule has 0 radical (unpaired) electrons. The summed E-state index contributed by atoms with van der Waals surface area (Å²) in [5.41, 5.74) is 7.82. The van der Waals surface area contributed by atoms with Crippen molar-refractivity contribution >= 4 is 17.6 Å². The molecule has 34 heavy (non-hydrogen) atoms. The zero-order valence-electron chi connectivity index (χ0n) is 18.6. The van der Waals surface area contributed by atoms with E-state index in [-0.39, 0.29) is 25.4 Å². The number of carbonyl (C=O) groups is 2. The SMILES string of the molecule is Nc1ccc(CNC(=O)[C@H](Cc2ccc(F)c(F)c2)NC(=O)CNCCc2ccccc2)cn1. The molecule has 1 heterocycles. The van der Waals surface area contributed by atoms with Crippen LogP contribution in [0.25, 0.3) is 0 Å². The number of hydrogen-bond donors (Lipinski definition) is 4. The Labute approximate surface area is 196 Å². The number of halogens is 2. The van der Waals surface area contributed by atoms with E-state index in [0.29, 0.717) is 17.9 Å². The van der Waals surface area contributed by atoms with E-state index < -0.39 is 23.6 Å². The molecular formula is C25H27F2N5O2. The molecule has 1 atom stereocenters. The minimum Gasteiger partial charge on any atom is -0.384 e. The fourth-order valence-electron chi connectivity index (χ4n) is 3.29. The first-order valence-corrected chi connectivity index (χ1v) is 10.9. The van der Waals surface area contributed by atoms with Crippen LogP contribution in [0.15, 0.2) is 66.9 Å². The molecule has 1 aromatic heterocycles. The first kappa shape index (κ1) is 24.8. The highest BCUT2D eigenvalue weighted by Gasteiger charge is 2.21. The van der Waals surface area contributed by atoms with E-state index in [1.807, 2.05) is 30.3 Å². The van der Waals surface area contributed by atoms with E-state index >= 15 is 0 Å². The molecule has 0 bridgehead atoms. The predicted octanol–water partition coefficient (Wildman–Crippen LogP) is 2.12. The number of anilines is 1. The zero-order chi connectivity index (χ0) is 24.3. The third kappa shape index (κ3) is 7.93. The number of amides is 2. The van der Waals surface area contributed by atoms with Crippen molar-refractivity contribution in [3.8, 4) is 0 Å². The minimum absolute atomic E-state index is 0.00121. The molecule has 0 fully saturated rings. The fourth-order valence-corrected chi connectivity index (χ4v) is 3.29. The summed E-state index contributed by atoms with van der Waals surface area (Å²) in [6.07, 6.45) is 2.29. The van der Waals surface area contributed by atoms with Crippen molar-refractivity contribution in [1.29, 1.82) is 0 Å². The van der Waals surface area contributed by atoms with Crippen LogP contribution < -0.4 is 21.7 Å². The number of nitrogens with one attached hydrogen (secondary N) is 3. The van der Waals surface area contributed by atoms with E-state index in [9.17, 15) is 18.4 Å². The maximum atomic E-state index is 13.7. The Bertz CT molecular complexity index is 1090. The number of nitrogen functional groups attached to an aromatic ring is 1. The van der Waals surface area contributed by atoms with Crippen LogP contribution in [0.2, 0.25) is 0 Å². The van der Waals surface area contributed by atoms with Crippen LogP contribution in [0.4, 0.5) is 14.6 Å². The Morgan fingerprint density at radius 3 is 2.41 bits per heavy atom. The average molecular weight is 468 g/mol. The van der Waals surface area contributed by atoms with Crippen LogP contribution in [-0.4, -0.2) is 35.9 Å². The van der Waals surface area contributed by atoms with E-state index in [0.717, 1.165) is 29.7 Å². The highest BCUT2D eigenvalue weighted by Crippen LogP contribution is 2.11. The second-order valence-electron chi connectivity index (χ2n) is 7.79. The lowest BCUT2D eigenvalue weighted by Gasteiger charge is -2.19.